The Kier molecular flexibility index (Phi) is 3.65. The number of amides is 1. The normalized spacial score (nSPS) is 19.2. The van der Waals surface area contributed by atoms with Crippen LogP contribution in [0.2, 0.25) is 0 Å². The van der Waals surface area contributed by atoms with Crippen LogP contribution in [-0.4, -0.2) is 24.5 Å². The molecule has 0 unspecified atom stereocenters. The molecule has 1 amide bonds. The average molecular weight is 327 g/mol. The van der Waals surface area contributed by atoms with Gasteiger partial charge in [-0.05, 0) is 36.8 Å². The second kappa shape index (κ2) is 5.81. The first-order chi connectivity index (χ1) is 11.2. The third-order valence-electron chi connectivity index (χ3n) is 4.11. The smallest absolute Gasteiger partial charge is 0.258 e. The van der Waals surface area contributed by atoms with Crippen molar-refractivity contribution < 1.29 is 14.3 Å². The van der Waals surface area contributed by atoms with Gasteiger partial charge in [0.25, 0.3) is 5.91 Å². The number of hydrogen-bond acceptors (Lipinski definition) is 4. The maximum absolute atomic E-state index is 13.0. The lowest BCUT2D eigenvalue weighted by molar-refractivity contribution is 0.0986. The van der Waals surface area contributed by atoms with Gasteiger partial charge in [-0.25, -0.2) is 0 Å². The van der Waals surface area contributed by atoms with E-state index in [2.05, 4.69) is 13.0 Å². The van der Waals surface area contributed by atoms with E-state index >= 15 is 0 Å². The Morgan fingerprint density at radius 3 is 2.91 bits per heavy atom. The Bertz CT molecular complexity index is 762. The van der Waals surface area contributed by atoms with E-state index in [0.29, 0.717) is 22.3 Å². The third kappa shape index (κ3) is 2.65. The standard InChI is InChI=1S/C18H17NO3S/c1-12-8-9-19(14-4-2-3-5-17(14)23-12)18(20)13-6-7-15-16(10-13)22-11-21-15/h2-7,10,12H,8-9,11H2,1H3/t12-/m0/s1. The number of nitrogens with zero attached hydrogens (tertiary/aromatic N) is 1. The van der Waals surface area contributed by atoms with E-state index < -0.39 is 0 Å². The first-order valence-corrected chi connectivity index (χ1v) is 8.57. The monoisotopic (exact) mass is 327 g/mol. The van der Waals surface area contributed by atoms with Crippen molar-refractivity contribution in [2.45, 2.75) is 23.5 Å². The Hall–Kier alpha value is -2.14. The fraction of sp³-hybridized carbons (Fsp3) is 0.278. The minimum atomic E-state index is 0.00505. The largest absolute Gasteiger partial charge is 0.454 e. The van der Waals surface area contributed by atoms with Crippen molar-refractivity contribution in [3.8, 4) is 11.5 Å². The van der Waals surface area contributed by atoms with Gasteiger partial charge in [-0.15, -0.1) is 11.8 Å². The van der Waals surface area contributed by atoms with Crippen molar-refractivity contribution in [2.24, 2.45) is 0 Å². The van der Waals surface area contributed by atoms with Crippen LogP contribution in [-0.2, 0) is 0 Å². The molecule has 2 aromatic rings. The zero-order valence-corrected chi connectivity index (χ0v) is 13.6. The van der Waals surface area contributed by atoms with Gasteiger partial charge >= 0.3 is 0 Å². The van der Waals surface area contributed by atoms with E-state index in [-0.39, 0.29) is 12.7 Å². The van der Waals surface area contributed by atoms with E-state index in [1.807, 2.05) is 34.9 Å². The molecule has 5 heteroatoms. The molecule has 0 saturated heterocycles. The van der Waals surface area contributed by atoms with Crippen LogP contribution in [0.1, 0.15) is 23.7 Å². The zero-order chi connectivity index (χ0) is 15.8. The van der Waals surface area contributed by atoms with E-state index in [1.54, 1.807) is 18.2 Å². The Morgan fingerprint density at radius 2 is 2.00 bits per heavy atom. The minimum Gasteiger partial charge on any atom is -0.454 e. The highest BCUT2D eigenvalue weighted by molar-refractivity contribution is 8.00. The average Bonchev–Trinajstić information content (AvgIpc) is 2.96. The molecule has 2 aromatic carbocycles. The van der Waals surface area contributed by atoms with Crippen molar-refractivity contribution in [1.82, 2.24) is 0 Å². The Balaban J connectivity index is 1.70. The van der Waals surface area contributed by atoms with Gasteiger partial charge in [0.1, 0.15) is 0 Å². The quantitative estimate of drug-likeness (QED) is 0.795. The molecule has 0 saturated carbocycles. The highest BCUT2D eigenvalue weighted by atomic mass is 32.2. The fourth-order valence-corrected chi connectivity index (χ4v) is 4.00. The molecule has 2 aliphatic heterocycles. The number of carbonyl (C=O) groups excluding carboxylic acids is 1. The van der Waals surface area contributed by atoms with Gasteiger partial charge < -0.3 is 14.4 Å². The molecule has 0 aromatic heterocycles. The van der Waals surface area contributed by atoms with Crippen LogP contribution >= 0.6 is 11.8 Å². The van der Waals surface area contributed by atoms with Crippen molar-refractivity contribution in [1.29, 1.82) is 0 Å². The molecular formula is C18H17NO3S. The predicted molar refractivity (Wildman–Crippen MR) is 90.6 cm³/mol. The lowest BCUT2D eigenvalue weighted by Crippen LogP contribution is -2.32. The number of thioether (sulfide) groups is 1. The first-order valence-electron chi connectivity index (χ1n) is 7.69. The summed E-state index contributed by atoms with van der Waals surface area (Å²) < 4.78 is 10.7. The topological polar surface area (TPSA) is 38.8 Å². The summed E-state index contributed by atoms with van der Waals surface area (Å²) in [6.07, 6.45) is 0.968. The highest BCUT2D eigenvalue weighted by Crippen LogP contribution is 2.39. The molecule has 1 atom stereocenters. The summed E-state index contributed by atoms with van der Waals surface area (Å²) in [5.41, 5.74) is 1.62. The summed E-state index contributed by atoms with van der Waals surface area (Å²) in [4.78, 5) is 16.1. The summed E-state index contributed by atoms with van der Waals surface area (Å²) in [6.45, 7) is 3.14. The molecule has 2 heterocycles. The lowest BCUT2D eigenvalue weighted by atomic mass is 10.1. The van der Waals surface area contributed by atoms with Crippen LogP contribution < -0.4 is 14.4 Å². The minimum absolute atomic E-state index is 0.00505. The highest BCUT2D eigenvalue weighted by Gasteiger charge is 2.26. The number of rotatable bonds is 1. The van der Waals surface area contributed by atoms with Gasteiger partial charge in [0.2, 0.25) is 6.79 Å². The van der Waals surface area contributed by atoms with Crippen molar-refractivity contribution in [3.63, 3.8) is 0 Å². The molecule has 4 rings (SSSR count). The lowest BCUT2D eigenvalue weighted by Gasteiger charge is -2.22. The summed E-state index contributed by atoms with van der Waals surface area (Å²) in [6, 6.07) is 13.5. The second-order valence-corrected chi connectivity index (χ2v) is 7.19. The zero-order valence-electron chi connectivity index (χ0n) is 12.8. The number of anilines is 1. The molecule has 0 spiro atoms. The molecule has 0 N–H and O–H groups in total. The molecule has 0 radical (unpaired) electrons. The van der Waals surface area contributed by atoms with Gasteiger partial charge in [0.15, 0.2) is 11.5 Å². The van der Waals surface area contributed by atoms with Crippen LogP contribution in [0.15, 0.2) is 47.4 Å². The molecule has 0 bridgehead atoms. The molecule has 23 heavy (non-hydrogen) atoms. The van der Waals surface area contributed by atoms with Gasteiger partial charge in [0.05, 0.1) is 5.69 Å². The number of hydrogen-bond donors (Lipinski definition) is 0. The van der Waals surface area contributed by atoms with Gasteiger partial charge in [-0.3, -0.25) is 4.79 Å². The Labute approximate surface area is 139 Å². The molecule has 0 fully saturated rings. The van der Waals surface area contributed by atoms with Crippen LogP contribution in [0.25, 0.3) is 0 Å². The summed E-state index contributed by atoms with van der Waals surface area (Å²) in [5, 5.41) is 0.491. The number of fused-ring (bicyclic) bond motifs is 2. The first kappa shape index (κ1) is 14.5. The van der Waals surface area contributed by atoms with Crippen molar-refractivity contribution >= 4 is 23.4 Å². The van der Waals surface area contributed by atoms with Crippen LogP contribution in [0, 0.1) is 0 Å². The van der Waals surface area contributed by atoms with E-state index in [4.69, 9.17) is 9.47 Å². The van der Waals surface area contributed by atoms with E-state index in [9.17, 15) is 4.79 Å². The second-order valence-electron chi connectivity index (χ2n) is 5.71. The van der Waals surface area contributed by atoms with E-state index in [1.165, 1.54) is 0 Å². The fourth-order valence-electron chi connectivity index (χ4n) is 2.88. The summed E-state index contributed by atoms with van der Waals surface area (Å²) in [7, 11) is 0. The SMILES string of the molecule is C[C@H]1CCN(C(=O)c2ccc3c(c2)OCO3)c2ccccc2S1. The summed E-state index contributed by atoms with van der Waals surface area (Å²) >= 11 is 1.83. The third-order valence-corrected chi connectivity index (χ3v) is 5.35. The molecular weight excluding hydrogens is 310 g/mol. The molecule has 2 aliphatic rings. The van der Waals surface area contributed by atoms with Crippen LogP contribution in [0.5, 0.6) is 11.5 Å². The maximum Gasteiger partial charge on any atom is 0.258 e. The van der Waals surface area contributed by atoms with Crippen molar-refractivity contribution in [2.75, 3.05) is 18.2 Å². The Morgan fingerprint density at radius 1 is 1.17 bits per heavy atom. The van der Waals surface area contributed by atoms with Gasteiger partial charge in [-0.1, -0.05) is 19.1 Å². The summed E-state index contributed by atoms with van der Waals surface area (Å²) in [5.74, 6) is 1.34. The molecule has 4 nitrogen and oxygen atoms in total. The van der Waals surface area contributed by atoms with Gasteiger partial charge in [0, 0.05) is 22.3 Å². The number of carbonyl (C=O) groups is 1. The van der Waals surface area contributed by atoms with E-state index in [0.717, 1.165) is 23.5 Å². The molecule has 0 aliphatic carbocycles. The number of para-hydroxylation sites is 1. The predicted octanol–water partition coefficient (Wildman–Crippen LogP) is 3.95. The number of ether oxygens (including phenoxy) is 2. The van der Waals surface area contributed by atoms with Gasteiger partial charge in [-0.2, -0.15) is 0 Å². The maximum atomic E-state index is 13.0. The molecule has 118 valence electrons. The van der Waals surface area contributed by atoms with Crippen molar-refractivity contribution in [3.05, 3.63) is 48.0 Å². The van der Waals surface area contributed by atoms with Crippen LogP contribution in [0.4, 0.5) is 5.69 Å². The van der Waals surface area contributed by atoms with Crippen LogP contribution in [0.3, 0.4) is 0 Å². The number of benzene rings is 2.